The van der Waals surface area contributed by atoms with Crippen LogP contribution in [0.4, 0.5) is 0 Å². The second kappa shape index (κ2) is 5.47. The minimum atomic E-state index is 0.551. The monoisotopic (exact) mass is 323 g/mol. The van der Waals surface area contributed by atoms with Gasteiger partial charge in [-0.05, 0) is 47.4 Å². The van der Waals surface area contributed by atoms with Crippen LogP contribution in [0, 0.1) is 0 Å². The summed E-state index contributed by atoms with van der Waals surface area (Å²) in [6.07, 6.45) is 5.29. The predicted octanol–water partition coefficient (Wildman–Crippen LogP) is 3.26. The normalized spacial score (nSPS) is 19.3. The maximum Gasteiger partial charge on any atom is 0.130 e. The summed E-state index contributed by atoms with van der Waals surface area (Å²) < 4.78 is 1.11. The quantitative estimate of drug-likeness (QED) is 0.942. The zero-order valence-corrected chi connectivity index (χ0v) is 12.3. The lowest BCUT2D eigenvalue weighted by Gasteiger charge is -2.08. The molecule has 0 saturated carbocycles. The first kappa shape index (κ1) is 12.3. The number of nitrogens with one attached hydrogen (secondary N) is 1. The van der Waals surface area contributed by atoms with E-state index in [-0.39, 0.29) is 0 Å². The average Bonchev–Trinajstić information content (AvgIpc) is 3.01. The molecular weight excluding hydrogens is 310 g/mol. The molecule has 0 bridgehead atoms. The van der Waals surface area contributed by atoms with Crippen LogP contribution in [0.15, 0.2) is 28.2 Å². The van der Waals surface area contributed by atoms with E-state index < -0.39 is 0 Å². The van der Waals surface area contributed by atoms with Crippen molar-refractivity contribution in [2.24, 2.45) is 0 Å². The van der Waals surface area contributed by atoms with E-state index in [9.17, 15) is 0 Å². The molecule has 0 aromatic carbocycles. The van der Waals surface area contributed by atoms with E-state index in [0.717, 1.165) is 29.0 Å². The highest BCUT2D eigenvalue weighted by molar-refractivity contribution is 9.10. The van der Waals surface area contributed by atoms with Crippen molar-refractivity contribution in [1.29, 1.82) is 0 Å². The number of aromatic nitrogens is 2. The molecule has 1 unspecified atom stereocenters. The molecule has 2 aromatic rings. The summed E-state index contributed by atoms with van der Waals surface area (Å²) >= 11 is 5.18. The van der Waals surface area contributed by atoms with Gasteiger partial charge in [-0.1, -0.05) is 0 Å². The third kappa shape index (κ3) is 2.79. The molecule has 0 aliphatic carbocycles. The van der Waals surface area contributed by atoms with Crippen molar-refractivity contribution in [3.8, 4) is 10.6 Å². The van der Waals surface area contributed by atoms with Crippen molar-refractivity contribution in [3.05, 3.63) is 34.0 Å². The van der Waals surface area contributed by atoms with E-state index >= 15 is 0 Å². The van der Waals surface area contributed by atoms with Gasteiger partial charge in [-0.15, -0.1) is 11.3 Å². The minimum Gasteiger partial charge on any atom is -0.314 e. The Balaban J connectivity index is 1.80. The van der Waals surface area contributed by atoms with Crippen molar-refractivity contribution in [2.45, 2.75) is 25.3 Å². The Hall–Kier alpha value is -0.780. The minimum absolute atomic E-state index is 0.551. The molecule has 1 aliphatic rings. The maximum absolute atomic E-state index is 4.66. The molecule has 18 heavy (non-hydrogen) atoms. The molecule has 0 amide bonds. The number of halogens is 1. The molecule has 0 radical (unpaired) electrons. The smallest absolute Gasteiger partial charge is 0.130 e. The van der Waals surface area contributed by atoms with Gasteiger partial charge in [-0.25, -0.2) is 9.97 Å². The van der Waals surface area contributed by atoms with Crippen molar-refractivity contribution in [1.82, 2.24) is 15.3 Å². The zero-order valence-electron chi connectivity index (χ0n) is 9.90. The Morgan fingerprint density at radius 1 is 1.50 bits per heavy atom. The summed E-state index contributed by atoms with van der Waals surface area (Å²) in [6.45, 7) is 1.13. The maximum atomic E-state index is 4.66. The summed E-state index contributed by atoms with van der Waals surface area (Å²) in [5.74, 6) is 0.941. The van der Waals surface area contributed by atoms with Gasteiger partial charge in [-0.3, -0.25) is 0 Å². The molecule has 3 rings (SSSR count). The molecule has 1 aliphatic heterocycles. The third-order valence-electron chi connectivity index (χ3n) is 3.12. The number of hydrogen-bond donors (Lipinski definition) is 1. The first-order chi connectivity index (χ1) is 8.81. The predicted molar refractivity (Wildman–Crippen MR) is 77.8 cm³/mol. The summed E-state index contributed by atoms with van der Waals surface area (Å²) in [4.78, 5) is 10.2. The van der Waals surface area contributed by atoms with Gasteiger partial charge in [0.1, 0.15) is 5.82 Å². The second-order valence-electron chi connectivity index (χ2n) is 4.48. The van der Waals surface area contributed by atoms with Crippen LogP contribution in [0.25, 0.3) is 10.6 Å². The van der Waals surface area contributed by atoms with Gasteiger partial charge in [0.05, 0.1) is 10.6 Å². The lowest BCUT2D eigenvalue weighted by atomic mass is 10.1. The van der Waals surface area contributed by atoms with Crippen molar-refractivity contribution >= 4 is 27.3 Å². The average molecular weight is 324 g/mol. The van der Waals surface area contributed by atoms with Gasteiger partial charge >= 0.3 is 0 Å². The highest BCUT2D eigenvalue weighted by Gasteiger charge is 2.16. The lowest BCUT2D eigenvalue weighted by molar-refractivity contribution is 0.585. The summed E-state index contributed by atoms with van der Waals surface area (Å²) in [5.41, 5.74) is 1.02. The molecule has 94 valence electrons. The van der Waals surface area contributed by atoms with Crippen LogP contribution in [0.3, 0.4) is 0 Å². The highest BCUT2D eigenvalue weighted by atomic mass is 79.9. The van der Waals surface area contributed by atoms with Crippen LogP contribution in [0.5, 0.6) is 0 Å². The van der Waals surface area contributed by atoms with Gasteiger partial charge in [0.25, 0.3) is 0 Å². The van der Waals surface area contributed by atoms with E-state index in [4.69, 9.17) is 0 Å². The van der Waals surface area contributed by atoms with Crippen molar-refractivity contribution in [3.63, 3.8) is 0 Å². The molecule has 1 saturated heterocycles. The van der Waals surface area contributed by atoms with Crippen LogP contribution in [-0.2, 0) is 6.42 Å². The number of nitrogens with zero attached hydrogens (tertiary/aromatic N) is 2. The number of hydrogen-bond acceptors (Lipinski definition) is 4. The van der Waals surface area contributed by atoms with E-state index in [1.807, 2.05) is 12.3 Å². The Labute approximate surface area is 119 Å². The van der Waals surface area contributed by atoms with Crippen LogP contribution < -0.4 is 5.32 Å². The van der Waals surface area contributed by atoms with Crippen molar-refractivity contribution < 1.29 is 0 Å². The number of thiophene rings is 1. The van der Waals surface area contributed by atoms with Gasteiger partial charge in [0.15, 0.2) is 0 Å². The van der Waals surface area contributed by atoms with Crippen LogP contribution in [-0.4, -0.2) is 22.6 Å². The molecular formula is C13H14BrN3S. The molecule has 1 atom stereocenters. The van der Waals surface area contributed by atoms with E-state index in [1.54, 1.807) is 11.3 Å². The Morgan fingerprint density at radius 2 is 2.44 bits per heavy atom. The van der Waals surface area contributed by atoms with E-state index in [0.29, 0.717) is 6.04 Å². The van der Waals surface area contributed by atoms with Gasteiger partial charge in [0, 0.05) is 28.5 Å². The SMILES string of the molecule is Brc1csc(-c2ccnc(CC3CCCN3)n2)c1. The summed E-state index contributed by atoms with van der Waals surface area (Å²) in [5, 5.41) is 5.56. The Morgan fingerprint density at radius 3 is 3.17 bits per heavy atom. The van der Waals surface area contributed by atoms with Gasteiger partial charge in [-0.2, -0.15) is 0 Å². The second-order valence-corrected chi connectivity index (χ2v) is 6.31. The fraction of sp³-hybridized carbons (Fsp3) is 0.385. The van der Waals surface area contributed by atoms with E-state index in [2.05, 4.69) is 42.7 Å². The van der Waals surface area contributed by atoms with Crippen LogP contribution >= 0.6 is 27.3 Å². The zero-order chi connectivity index (χ0) is 12.4. The molecule has 5 heteroatoms. The molecule has 2 aromatic heterocycles. The topological polar surface area (TPSA) is 37.8 Å². The molecule has 0 spiro atoms. The number of rotatable bonds is 3. The molecule has 3 heterocycles. The van der Waals surface area contributed by atoms with E-state index in [1.165, 1.54) is 17.7 Å². The Bertz CT molecular complexity index is 535. The standard InChI is InChI=1S/C13H14BrN3S/c14-9-6-12(18-8-9)11-3-5-16-13(17-11)7-10-2-1-4-15-10/h3,5-6,8,10,15H,1-2,4,7H2. The first-order valence-electron chi connectivity index (χ1n) is 6.11. The fourth-order valence-electron chi connectivity index (χ4n) is 2.23. The fourth-order valence-corrected chi connectivity index (χ4v) is 3.63. The highest BCUT2D eigenvalue weighted by Crippen LogP contribution is 2.28. The Kier molecular flexibility index (Phi) is 3.72. The molecule has 1 fully saturated rings. The molecule has 1 N–H and O–H groups in total. The van der Waals surface area contributed by atoms with Gasteiger partial charge in [0.2, 0.25) is 0 Å². The van der Waals surface area contributed by atoms with Gasteiger partial charge < -0.3 is 5.32 Å². The lowest BCUT2D eigenvalue weighted by Crippen LogP contribution is -2.24. The summed E-state index contributed by atoms with van der Waals surface area (Å²) in [7, 11) is 0. The van der Waals surface area contributed by atoms with Crippen LogP contribution in [0.2, 0.25) is 0 Å². The largest absolute Gasteiger partial charge is 0.314 e. The third-order valence-corrected chi connectivity index (χ3v) is 4.83. The molecule has 3 nitrogen and oxygen atoms in total. The first-order valence-corrected chi connectivity index (χ1v) is 7.78. The van der Waals surface area contributed by atoms with Crippen LogP contribution in [0.1, 0.15) is 18.7 Å². The summed E-state index contributed by atoms with van der Waals surface area (Å²) in [6, 6.07) is 4.63. The van der Waals surface area contributed by atoms with Crippen molar-refractivity contribution in [2.75, 3.05) is 6.54 Å².